The SMILES string of the molecule is CCCCCCCCCCCCC.CCCCCCCCCCCCCCCCCCCc1ccc(N)cc1. The summed E-state index contributed by atoms with van der Waals surface area (Å²) < 4.78 is 0. The van der Waals surface area contributed by atoms with Crippen molar-refractivity contribution >= 4 is 5.69 Å². The normalized spacial score (nSPS) is 10.9. The van der Waals surface area contributed by atoms with Crippen LogP contribution in [0.15, 0.2) is 24.3 Å². The van der Waals surface area contributed by atoms with Gasteiger partial charge in [0.2, 0.25) is 0 Å². The minimum Gasteiger partial charge on any atom is -0.399 e. The first kappa shape index (κ1) is 38.0. The first-order valence-electron chi connectivity index (χ1n) is 18.1. The van der Waals surface area contributed by atoms with E-state index in [1.807, 2.05) is 12.1 Å². The van der Waals surface area contributed by atoms with Gasteiger partial charge in [-0.25, -0.2) is 0 Å². The minimum absolute atomic E-state index is 0.871. The summed E-state index contributed by atoms with van der Waals surface area (Å²) in [5, 5.41) is 0. The van der Waals surface area contributed by atoms with Crippen LogP contribution in [0, 0.1) is 0 Å². The Kier molecular flexibility index (Phi) is 32.4. The van der Waals surface area contributed by atoms with Crippen molar-refractivity contribution in [3.8, 4) is 0 Å². The molecule has 0 aliphatic rings. The van der Waals surface area contributed by atoms with Crippen molar-refractivity contribution in [1.29, 1.82) is 0 Å². The van der Waals surface area contributed by atoms with Crippen molar-refractivity contribution in [3.05, 3.63) is 29.8 Å². The fourth-order valence-electron chi connectivity index (χ4n) is 5.48. The highest BCUT2D eigenvalue weighted by Gasteiger charge is 1.96. The molecule has 1 nitrogen and oxygen atoms in total. The molecule has 2 N–H and O–H groups in total. The standard InChI is InChI=1S/C25H45N.C13H28/c1-2-3-4-5-6-7-8-9-10-11-12-13-14-15-16-17-18-19-24-20-22-25(26)23-21-24;1-3-5-7-9-11-13-12-10-8-6-4-2/h20-23H,2-19,26H2,1H3;3-13H2,1-2H3. The molecule has 0 radical (unpaired) electrons. The topological polar surface area (TPSA) is 26.0 Å². The van der Waals surface area contributed by atoms with Crippen molar-refractivity contribution in [1.82, 2.24) is 0 Å². The molecule has 0 saturated carbocycles. The second kappa shape index (κ2) is 33.2. The van der Waals surface area contributed by atoms with Gasteiger partial charge >= 0.3 is 0 Å². The van der Waals surface area contributed by atoms with E-state index in [2.05, 4.69) is 32.9 Å². The molecule has 1 aromatic rings. The van der Waals surface area contributed by atoms with Crippen LogP contribution < -0.4 is 5.73 Å². The molecule has 0 aliphatic carbocycles. The lowest BCUT2D eigenvalue weighted by Gasteiger charge is -2.04. The maximum absolute atomic E-state index is 5.72. The van der Waals surface area contributed by atoms with Gasteiger partial charge in [0.1, 0.15) is 0 Å². The Balaban J connectivity index is 0.000000935. The third-order valence-electron chi connectivity index (χ3n) is 8.26. The van der Waals surface area contributed by atoms with E-state index in [-0.39, 0.29) is 0 Å². The number of aryl methyl sites for hydroxylation is 1. The molecule has 0 amide bonds. The van der Waals surface area contributed by atoms with Gasteiger partial charge in [0, 0.05) is 5.69 Å². The molecular formula is C38H73N. The molecule has 0 aromatic heterocycles. The monoisotopic (exact) mass is 544 g/mol. The van der Waals surface area contributed by atoms with Crippen molar-refractivity contribution in [2.24, 2.45) is 0 Å². The van der Waals surface area contributed by atoms with Crippen LogP contribution in [0.25, 0.3) is 0 Å². The van der Waals surface area contributed by atoms with Crippen molar-refractivity contribution < 1.29 is 0 Å². The summed E-state index contributed by atoms with van der Waals surface area (Å²) in [5.74, 6) is 0. The molecule has 0 saturated heterocycles. The van der Waals surface area contributed by atoms with Gasteiger partial charge in [-0.05, 0) is 30.5 Å². The van der Waals surface area contributed by atoms with Gasteiger partial charge in [0.15, 0.2) is 0 Å². The highest BCUT2D eigenvalue weighted by molar-refractivity contribution is 5.39. The summed E-state index contributed by atoms with van der Waals surface area (Å²) in [5.41, 5.74) is 8.02. The Labute approximate surface area is 247 Å². The first-order valence-corrected chi connectivity index (χ1v) is 18.1. The summed E-state index contributed by atoms with van der Waals surface area (Å²) in [6.45, 7) is 6.86. The van der Waals surface area contributed by atoms with E-state index in [0.717, 1.165) is 5.69 Å². The number of nitrogens with two attached hydrogens (primary N) is 1. The number of anilines is 1. The average molecular weight is 544 g/mol. The van der Waals surface area contributed by atoms with E-state index in [1.54, 1.807) is 0 Å². The van der Waals surface area contributed by atoms with E-state index in [9.17, 15) is 0 Å². The zero-order chi connectivity index (χ0) is 28.5. The van der Waals surface area contributed by atoms with Crippen LogP contribution in [-0.2, 0) is 6.42 Å². The lowest BCUT2D eigenvalue weighted by Crippen LogP contribution is -1.88. The Hall–Kier alpha value is -0.980. The average Bonchev–Trinajstić information content (AvgIpc) is 2.95. The summed E-state index contributed by atoms with van der Waals surface area (Å²) in [6.07, 6.45) is 41.6. The van der Waals surface area contributed by atoms with Crippen LogP contribution in [-0.4, -0.2) is 0 Å². The van der Waals surface area contributed by atoms with Crippen LogP contribution in [0.2, 0.25) is 0 Å². The molecular weight excluding hydrogens is 470 g/mol. The van der Waals surface area contributed by atoms with E-state index in [0.29, 0.717) is 0 Å². The zero-order valence-electron chi connectivity index (χ0n) is 27.4. The molecule has 230 valence electrons. The summed E-state index contributed by atoms with van der Waals surface area (Å²) in [7, 11) is 0. The van der Waals surface area contributed by atoms with E-state index in [1.165, 1.54) is 192 Å². The predicted octanol–water partition coefficient (Wildman–Crippen LogP) is 13.8. The van der Waals surface area contributed by atoms with Gasteiger partial charge in [-0.15, -0.1) is 0 Å². The van der Waals surface area contributed by atoms with Crippen LogP contribution in [0.5, 0.6) is 0 Å². The smallest absolute Gasteiger partial charge is 0.0314 e. The Morgan fingerprint density at radius 1 is 0.333 bits per heavy atom. The van der Waals surface area contributed by atoms with Gasteiger partial charge in [-0.3, -0.25) is 0 Å². The van der Waals surface area contributed by atoms with Crippen LogP contribution in [0.4, 0.5) is 5.69 Å². The number of unbranched alkanes of at least 4 members (excludes halogenated alkanes) is 26. The fraction of sp³-hybridized carbons (Fsp3) is 0.842. The quantitative estimate of drug-likeness (QED) is 0.0825. The minimum atomic E-state index is 0.871. The second-order valence-corrected chi connectivity index (χ2v) is 12.3. The van der Waals surface area contributed by atoms with E-state index in [4.69, 9.17) is 5.73 Å². The number of benzene rings is 1. The highest BCUT2D eigenvalue weighted by atomic mass is 14.5. The molecule has 0 spiro atoms. The maximum atomic E-state index is 5.72. The Morgan fingerprint density at radius 3 is 0.821 bits per heavy atom. The number of rotatable bonds is 28. The number of hydrogen-bond donors (Lipinski definition) is 1. The van der Waals surface area contributed by atoms with Gasteiger partial charge in [-0.2, -0.15) is 0 Å². The number of nitrogen functional groups attached to an aromatic ring is 1. The molecule has 0 fully saturated rings. The van der Waals surface area contributed by atoms with Gasteiger partial charge in [-0.1, -0.05) is 206 Å². The molecule has 0 aliphatic heterocycles. The third-order valence-corrected chi connectivity index (χ3v) is 8.26. The van der Waals surface area contributed by atoms with Gasteiger partial charge in [0.25, 0.3) is 0 Å². The lowest BCUT2D eigenvalue weighted by molar-refractivity contribution is 0.527. The van der Waals surface area contributed by atoms with Crippen molar-refractivity contribution in [3.63, 3.8) is 0 Å². The molecule has 1 heteroatoms. The second-order valence-electron chi connectivity index (χ2n) is 12.3. The largest absolute Gasteiger partial charge is 0.399 e. The number of hydrogen-bond acceptors (Lipinski definition) is 1. The highest BCUT2D eigenvalue weighted by Crippen LogP contribution is 2.15. The molecule has 0 bridgehead atoms. The molecule has 0 atom stereocenters. The van der Waals surface area contributed by atoms with Crippen LogP contribution in [0.1, 0.15) is 206 Å². The molecule has 0 heterocycles. The summed E-state index contributed by atoms with van der Waals surface area (Å²) >= 11 is 0. The Morgan fingerprint density at radius 2 is 0.564 bits per heavy atom. The van der Waals surface area contributed by atoms with E-state index < -0.39 is 0 Å². The van der Waals surface area contributed by atoms with Crippen LogP contribution in [0.3, 0.4) is 0 Å². The summed E-state index contributed by atoms with van der Waals surface area (Å²) in [4.78, 5) is 0. The Bertz CT molecular complexity index is 538. The van der Waals surface area contributed by atoms with Gasteiger partial charge < -0.3 is 5.73 Å². The first-order chi connectivity index (χ1) is 19.2. The third kappa shape index (κ3) is 31.4. The van der Waals surface area contributed by atoms with E-state index >= 15 is 0 Å². The zero-order valence-corrected chi connectivity index (χ0v) is 27.4. The van der Waals surface area contributed by atoms with Crippen LogP contribution >= 0.6 is 0 Å². The van der Waals surface area contributed by atoms with Crippen molar-refractivity contribution in [2.75, 3.05) is 5.73 Å². The molecule has 1 rings (SSSR count). The lowest BCUT2D eigenvalue weighted by atomic mass is 10.0. The molecule has 0 unspecified atom stereocenters. The summed E-state index contributed by atoms with van der Waals surface area (Å²) in [6, 6.07) is 8.37. The molecule has 39 heavy (non-hydrogen) atoms. The molecule has 1 aromatic carbocycles. The maximum Gasteiger partial charge on any atom is 0.0314 e. The predicted molar refractivity (Wildman–Crippen MR) is 181 cm³/mol. The van der Waals surface area contributed by atoms with Gasteiger partial charge in [0.05, 0.1) is 0 Å². The van der Waals surface area contributed by atoms with Crippen molar-refractivity contribution in [2.45, 2.75) is 207 Å². The fourth-order valence-corrected chi connectivity index (χ4v) is 5.48.